The minimum Gasteiger partial charge on any atom is -0.378 e. The van der Waals surface area contributed by atoms with Crippen LogP contribution in [-0.2, 0) is 0 Å². The van der Waals surface area contributed by atoms with Crippen molar-refractivity contribution in [1.29, 1.82) is 0 Å². The summed E-state index contributed by atoms with van der Waals surface area (Å²) < 4.78 is 0. The van der Waals surface area contributed by atoms with E-state index in [2.05, 4.69) is 10.3 Å². The average Bonchev–Trinajstić information content (AvgIpc) is 3.01. The van der Waals surface area contributed by atoms with Gasteiger partial charge in [0.25, 0.3) is 5.91 Å². The van der Waals surface area contributed by atoms with Crippen LogP contribution in [0.3, 0.4) is 0 Å². The maximum atomic E-state index is 12.2. The third-order valence-corrected chi connectivity index (χ3v) is 4.07. The van der Waals surface area contributed by atoms with E-state index in [1.807, 2.05) is 43.4 Å². The van der Waals surface area contributed by atoms with Gasteiger partial charge in [-0.25, -0.2) is 0 Å². The van der Waals surface area contributed by atoms with Crippen molar-refractivity contribution in [3.63, 3.8) is 0 Å². The first-order valence-corrected chi connectivity index (χ1v) is 7.86. The summed E-state index contributed by atoms with van der Waals surface area (Å²) in [5.74, 6) is -0.229. The molecule has 0 aromatic carbocycles. The number of hydrogen-bond donors (Lipinski definition) is 1. The normalized spacial score (nSPS) is 11.8. The molecule has 0 saturated heterocycles. The Morgan fingerprint density at radius 2 is 2.14 bits per heavy atom. The van der Waals surface area contributed by atoms with Crippen LogP contribution in [0.4, 0.5) is 5.69 Å². The van der Waals surface area contributed by atoms with Gasteiger partial charge in [-0.1, -0.05) is 6.07 Å². The summed E-state index contributed by atoms with van der Waals surface area (Å²) in [6.07, 6.45) is 1.88. The lowest BCUT2D eigenvalue weighted by Gasteiger charge is -2.15. The summed E-state index contributed by atoms with van der Waals surface area (Å²) >= 11 is 1.41. The van der Waals surface area contributed by atoms with Crippen LogP contribution in [0.2, 0.25) is 0 Å². The third kappa shape index (κ3) is 4.14. The highest BCUT2D eigenvalue weighted by molar-refractivity contribution is 7.12. The summed E-state index contributed by atoms with van der Waals surface area (Å²) in [5, 5.41) is 4.69. The van der Waals surface area contributed by atoms with E-state index in [0.717, 1.165) is 5.69 Å². The molecule has 0 aliphatic heterocycles. The highest BCUT2D eigenvalue weighted by atomic mass is 32.1. The number of thiophene rings is 1. The van der Waals surface area contributed by atoms with Crippen LogP contribution >= 0.6 is 11.3 Å². The molecule has 0 spiro atoms. The largest absolute Gasteiger partial charge is 0.378 e. The van der Waals surface area contributed by atoms with E-state index in [1.165, 1.54) is 11.3 Å². The van der Waals surface area contributed by atoms with Crippen molar-refractivity contribution >= 4 is 28.7 Å². The quantitative estimate of drug-likeness (QED) is 0.832. The fourth-order valence-corrected chi connectivity index (χ4v) is 2.66. The first-order valence-electron chi connectivity index (χ1n) is 6.98. The number of anilines is 1. The minimum atomic E-state index is -0.268. The van der Waals surface area contributed by atoms with E-state index in [4.69, 9.17) is 0 Å². The van der Waals surface area contributed by atoms with Gasteiger partial charge in [0.2, 0.25) is 0 Å². The van der Waals surface area contributed by atoms with Crippen LogP contribution < -0.4 is 10.2 Å². The number of carbonyl (C=O) groups excluding carboxylic acids is 2. The van der Waals surface area contributed by atoms with Gasteiger partial charge in [0.05, 0.1) is 4.88 Å². The Kier molecular flexibility index (Phi) is 5.27. The van der Waals surface area contributed by atoms with Crippen LogP contribution in [0.1, 0.15) is 33.5 Å². The lowest BCUT2D eigenvalue weighted by molar-refractivity contribution is 0.0915. The van der Waals surface area contributed by atoms with E-state index >= 15 is 0 Å². The van der Waals surface area contributed by atoms with Gasteiger partial charge in [-0.2, -0.15) is 0 Å². The molecule has 0 unspecified atom stereocenters. The molecule has 116 valence electrons. The highest BCUT2D eigenvalue weighted by Gasteiger charge is 2.16. The molecule has 0 saturated carbocycles. The van der Waals surface area contributed by atoms with Gasteiger partial charge in [0, 0.05) is 38.4 Å². The Labute approximate surface area is 134 Å². The number of ketones is 1. The molecule has 22 heavy (non-hydrogen) atoms. The topological polar surface area (TPSA) is 62.3 Å². The lowest BCUT2D eigenvalue weighted by atomic mass is 10.1. The molecule has 5 nitrogen and oxygen atoms in total. The van der Waals surface area contributed by atoms with Gasteiger partial charge >= 0.3 is 0 Å². The van der Waals surface area contributed by atoms with Gasteiger partial charge in [-0.05, 0) is 30.5 Å². The number of nitrogens with zero attached hydrogens (tertiary/aromatic N) is 2. The first-order chi connectivity index (χ1) is 10.5. The number of Topliss-reactive ketones (excluding diaryl/α,β-unsaturated/α-hetero) is 1. The molecule has 0 aliphatic rings. The molecule has 1 amide bonds. The van der Waals surface area contributed by atoms with Gasteiger partial charge in [0.15, 0.2) is 5.78 Å². The third-order valence-electron chi connectivity index (χ3n) is 3.16. The zero-order valence-corrected chi connectivity index (χ0v) is 13.7. The van der Waals surface area contributed by atoms with Crippen molar-refractivity contribution in [1.82, 2.24) is 10.3 Å². The van der Waals surface area contributed by atoms with E-state index in [9.17, 15) is 9.59 Å². The van der Waals surface area contributed by atoms with Crippen LogP contribution in [0, 0.1) is 0 Å². The standard InChI is InChI=1S/C16H19N3O2S/c1-11(9-14(20)15-5-4-8-22-15)18-16(21)13-10-12(19(2)3)6-7-17-13/h4-8,10-11H,9H2,1-3H3,(H,18,21)/t11-/m0/s1. The van der Waals surface area contributed by atoms with Crippen molar-refractivity contribution in [2.24, 2.45) is 0 Å². The van der Waals surface area contributed by atoms with Crippen LogP contribution in [-0.4, -0.2) is 36.8 Å². The van der Waals surface area contributed by atoms with Crippen molar-refractivity contribution < 1.29 is 9.59 Å². The number of amides is 1. The summed E-state index contributed by atoms with van der Waals surface area (Å²) in [5.41, 5.74) is 1.25. The van der Waals surface area contributed by atoms with Crippen molar-refractivity contribution in [2.45, 2.75) is 19.4 Å². The Morgan fingerprint density at radius 3 is 2.77 bits per heavy atom. The zero-order valence-electron chi connectivity index (χ0n) is 12.9. The number of hydrogen-bond acceptors (Lipinski definition) is 5. The second-order valence-corrected chi connectivity index (χ2v) is 6.22. The molecule has 2 aromatic heterocycles. The molecule has 0 aliphatic carbocycles. The molecule has 1 atom stereocenters. The fraction of sp³-hybridized carbons (Fsp3) is 0.312. The molecule has 2 heterocycles. The van der Waals surface area contributed by atoms with Crippen LogP contribution in [0.15, 0.2) is 35.8 Å². The summed E-state index contributed by atoms with van der Waals surface area (Å²) in [6.45, 7) is 1.82. The highest BCUT2D eigenvalue weighted by Crippen LogP contribution is 2.13. The second-order valence-electron chi connectivity index (χ2n) is 5.27. The summed E-state index contributed by atoms with van der Waals surface area (Å²) in [4.78, 5) is 30.9. The Bertz CT molecular complexity index is 653. The molecule has 6 heteroatoms. The van der Waals surface area contributed by atoms with Gasteiger partial charge < -0.3 is 10.2 Å². The summed E-state index contributed by atoms with van der Waals surface area (Å²) in [7, 11) is 3.80. The maximum absolute atomic E-state index is 12.2. The monoisotopic (exact) mass is 317 g/mol. The van der Waals surface area contributed by atoms with Crippen LogP contribution in [0.5, 0.6) is 0 Å². The van der Waals surface area contributed by atoms with Crippen molar-refractivity contribution in [2.75, 3.05) is 19.0 Å². The number of nitrogens with one attached hydrogen (secondary N) is 1. The molecule has 0 bridgehead atoms. The Hall–Kier alpha value is -2.21. The number of aromatic nitrogens is 1. The molecule has 0 radical (unpaired) electrons. The average molecular weight is 317 g/mol. The fourth-order valence-electron chi connectivity index (χ4n) is 1.99. The van der Waals surface area contributed by atoms with Crippen molar-refractivity contribution in [3.05, 3.63) is 46.4 Å². The number of pyridine rings is 1. The SMILES string of the molecule is C[C@@H](CC(=O)c1cccs1)NC(=O)c1cc(N(C)C)ccn1. The van der Waals surface area contributed by atoms with Gasteiger partial charge in [-0.15, -0.1) is 11.3 Å². The maximum Gasteiger partial charge on any atom is 0.270 e. The predicted molar refractivity (Wildman–Crippen MR) is 88.8 cm³/mol. The Balaban J connectivity index is 1.96. The number of rotatable bonds is 6. The van der Waals surface area contributed by atoms with Gasteiger partial charge in [0.1, 0.15) is 5.69 Å². The molecule has 2 aromatic rings. The number of carbonyl (C=O) groups is 2. The van der Waals surface area contributed by atoms with Crippen molar-refractivity contribution in [3.8, 4) is 0 Å². The van der Waals surface area contributed by atoms with E-state index in [0.29, 0.717) is 10.6 Å². The van der Waals surface area contributed by atoms with Gasteiger partial charge in [-0.3, -0.25) is 14.6 Å². The molecule has 0 fully saturated rings. The molecular formula is C16H19N3O2S. The summed E-state index contributed by atoms with van der Waals surface area (Å²) in [6, 6.07) is 6.96. The van der Waals surface area contributed by atoms with E-state index in [-0.39, 0.29) is 24.2 Å². The van der Waals surface area contributed by atoms with Crippen LogP contribution in [0.25, 0.3) is 0 Å². The first kappa shape index (κ1) is 16.2. The van der Waals surface area contributed by atoms with E-state index < -0.39 is 0 Å². The Morgan fingerprint density at radius 1 is 1.36 bits per heavy atom. The predicted octanol–water partition coefficient (Wildman–Crippen LogP) is 2.60. The minimum absolute atomic E-state index is 0.0396. The van der Waals surface area contributed by atoms with E-state index in [1.54, 1.807) is 18.3 Å². The molecule has 2 rings (SSSR count). The molecular weight excluding hydrogens is 298 g/mol. The lowest BCUT2D eigenvalue weighted by Crippen LogP contribution is -2.34. The molecule has 1 N–H and O–H groups in total. The smallest absolute Gasteiger partial charge is 0.270 e. The second kappa shape index (κ2) is 7.17. The zero-order chi connectivity index (χ0) is 16.1.